The molecule has 0 aromatic rings. The number of quaternary nitrogens is 1. The number of unbranched alkanes of at least 4 members (excludes halogenated alkanes) is 8. The lowest BCUT2D eigenvalue weighted by Crippen LogP contribution is -2.43. The second-order valence-corrected chi connectivity index (χ2v) is 9.55. The minimum atomic E-state index is -1.80. The van der Waals surface area contributed by atoms with E-state index in [4.69, 9.17) is 13.8 Å². The Morgan fingerprint density at radius 1 is 0.862 bits per heavy atom. The van der Waals surface area contributed by atoms with Crippen molar-refractivity contribution >= 4 is 14.6 Å². The highest BCUT2D eigenvalue weighted by Crippen LogP contribution is 2.33. The highest BCUT2D eigenvalue weighted by molar-refractivity contribution is 7.40. The van der Waals surface area contributed by atoms with Crippen LogP contribution >= 0.6 is 8.60 Å². The summed E-state index contributed by atoms with van der Waals surface area (Å²) in [6, 6.07) is 0. The van der Waals surface area contributed by atoms with Gasteiger partial charge in [-0.15, -0.1) is 0 Å². The quantitative estimate of drug-likeness (QED) is 0.129. The van der Waals surface area contributed by atoms with Gasteiger partial charge in [-0.3, -0.25) is 4.79 Å². The monoisotopic (exact) mass is 434 g/mol. The fourth-order valence-electron chi connectivity index (χ4n) is 3.71. The van der Waals surface area contributed by atoms with E-state index < -0.39 is 8.60 Å². The van der Waals surface area contributed by atoms with Crippen LogP contribution in [-0.4, -0.2) is 61.8 Å². The second kappa shape index (κ2) is 17.4. The number of rotatable bonds is 19. The minimum absolute atomic E-state index is 0.127. The standard InChI is InChI=1S/C22H45NO5P/c1-3-4-5-6-7-8-9-13-19-26-22(24)15-10-14-20-27-29(25)28-21-18-23(2)16-11-12-17-23/h25H,3-21H2,1-2H3/q+1. The second-order valence-electron chi connectivity index (χ2n) is 8.55. The number of esters is 1. The van der Waals surface area contributed by atoms with Crippen LogP contribution in [-0.2, 0) is 18.6 Å². The number of ether oxygens (including phenoxy) is 1. The SMILES string of the molecule is CCCCCCCCCCOC(=O)CCCCOP(O)OCC[N+]1(C)CCCC1. The number of nitrogens with zero attached hydrogens (tertiary/aromatic N) is 1. The van der Waals surface area contributed by atoms with Crippen molar-refractivity contribution in [3.05, 3.63) is 0 Å². The normalized spacial score (nSPS) is 16.8. The van der Waals surface area contributed by atoms with E-state index in [0.29, 0.717) is 32.7 Å². The summed E-state index contributed by atoms with van der Waals surface area (Å²) in [6.45, 7) is 7.04. The van der Waals surface area contributed by atoms with E-state index in [1.807, 2.05) is 0 Å². The van der Waals surface area contributed by atoms with E-state index >= 15 is 0 Å². The molecule has 1 fully saturated rings. The Kier molecular flexibility index (Phi) is 16.1. The van der Waals surface area contributed by atoms with Gasteiger partial charge >= 0.3 is 14.6 Å². The van der Waals surface area contributed by atoms with Gasteiger partial charge in [0.2, 0.25) is 0 Å². The number of hydrogen-bond donors (Lipinski definition) is 1. The molecule has 0 amide bonds. The summed E-state index contributed by atoms with van der Waals surface area (Å²) in [5.41, 5.74) is 0. The summed E-state index contributed by atoms with van der Waals surface area (Å²) in [5.74, 6) is -0.127. The van der Waals surface area contributed by atoms with Crippen LogP contribution in [0.2, 0.25) is 0 Å². The molecule has 6 nitrogen and oxygen atoms in total. The van der Waals surface area contributed by atoms with Gasteiger partial charge < -0.3 is 23.2 Å². The van der Waals surface area contributed by atoms with Crippen molar-refractivity contribution < 1.29 is 28.0 Å². The molecule has 1 atom stereocenters. The van der Waals surface area contributed by atoms with Crippen LogP contribution in [0.5, 0.6) is 0 Å². The largest absolute Gasteiger partial charge is 0.466 e. The summed E-state index contributed by atoms with van der Waals surface area (Å²) in [4.78, 5) is 21.5. The highest BCUT2D eigenvalue weighted by Gasteiger charge is 2.26. The molecule has 1 aliphatic rings. The molecule has 0 aromatic carbocycles. The van der Waals surface area contributed by atoms with Crippen molar-refractivity contribution in [2.24, 2.45) is 0 Å². The molecule has 0 aromatic heterocycles. The third kappa shape index (κ3) is 15.2. The van der Waals surface area contributed by atoms with Gasteiger partial charge in [-0.05, 0) is 19.3 Å². The van der Waals surface area contributed by atoms with Crippen molar-refractivity contribution in [1.82, 2.24) is 0 Å². The lowest BCUT2D eigenvalue weighted by Gasteiger charge is -2.29. The molecule has 7 heteroatoms. The Morgan fingerprint density at radius 2 is 1.45 bits per heavy atom. The summed E-state index contributed by atoms with van der Waals surface area (Å²) < 4.78 is 17.0. The van der Waals surface area contributed by atoms with Crippen LogP contribution in [0.4, 0.5) is 0 Å². The first-order valence-corrected chi connectivity index (χ1v) is 12.9. The molecule has 1 saturated heterocycles. The molecule has 1 N–H and O–H groups in total. The number of hydrogen-bond acceptors (Lipinski definition) is 5. The van der Waals surface area contributed by atoms with E-state index in [9.17, 15) is 9.69 Å². The number of likely N-dealkylation sites (N-methyl/N-ethyl adjacent to an activating group) is 1. The third-order valence-corrected chi connectivity index (χ3v) is 6.52. The van der Waals surface area contributed by atoms with E-state index in [0.717, 1.165) is 30.3 Å². The van der Waals surface area contributed by atoms with Crippen molar-refractivity contribution in [3.8, 4) is 0 Å². The molecule has 0 bridgehead atoms. The van der Waals surface area contributed by atoms with Crippen LogP contribution in [0.1, 0.15) is 90.4 Å². The fraction of sp³-hybridized carbons (Fsp3) is 0.955. The first kappa shape index (κ1) is 26.8. The fourth-order valence-corrected chi connectivity index (χ4v) is 4.30. The molecule has 29 heavy (non-hydrogen) atoms. The Hall–Kier alpha value is -0.260. The Balaban J connectivity index is 1.83. The smallest absolute Gasteiger partial charge is 0.330 e. The molecule has 1 heterocycles. The lowest BCUT2D eigenvalue weighted by atomic mass is 10.1. The van der Waals surface area contributed by atoms with Gasteiger partial charge in [0, 0.05) is 19.3 Å². The maximum absolute atomic E-state index is 11.7. The molecule has 0 radical (unpaired) electrons. The van der Waals surface area contributed by atoms with Crippen LogP contribution in [0.3, 0.4) is 0 Å². The average molecular weight is 435 g/mol. The predicted octanol–water partition coefficient (Wildman–Crippen LogP) is 5.33. The van der Waals surface area contributed by atoms with Gasteiger partial charge in [-0.2, -0.15) is 0 Å². The molecule has 0 saturated carbocycles. The van der Waals surface area contributed by atoms with Crippen LogP contribution in [0.15, 0.2) is 0 Å². The van der Waals surface area contributed by atoms with Gasteiger partial charge in [0.05, 0.1) is 33.4 Å². The van der Waals surface area contributed by atoms with Gasteiger partial charge in [-0.25, -0.2) is 0 Å². The van der Waals surface area contributed by atoms with Crippen molar-refractivity contribution in [3.63, 3.8) is 0 Å². The van der Waals surface area contributed by atoms with Crippen LogP contribution in [0.25, 0.3) is 0 Å². The first-order chi connectivity index (χ1) is 14.1. The zero-order valence-corrected chi connectivity index (χ0v) is 19.8. The Bertz CT molecular complexity index is 405. The average Bonchev–Trinajstić information content (AvgIpc) is 3.13. The summed E-state index contributed by atoms with van der Waals surface area (Å²) in [7, 11) is 0.439. The van der Waals surface area contributed by atoms with Crippen molar-refractivity contribution in [2.45, 2.75) is 90.4 Å². The third-order valence-electron chi connectivity index (χ3n) is 5.72. The zero-order chi connectivity index (χ0) is 21.2. The van der Waals surface area contributed by atoms with E-state index in [-0.39, 0.29) is 5.97 Å². The summed E-state index contributed by atoms with van der Waals surface area (Å²) in [6.07, 6.45) is 14.4. The molecular weight excluding hydrogens is 389 g/mol. The Labute approximate surface area is 179 Å². The van der Waals surface area contributed by atoms with E-state index in [1.54, 1.807) is 0 Å². The number of likely N-dealkylation sites (tertiary alicyclic amines) is 1. The molecule has 1 unspecified atom stereocenters. The van der Waals surface area contributed by atoms with Gasteiger partial charge in [0.15, 0.2) is 0 Å². The molecule has 0 spiro atoms. The highest BCUT2D eigenvalue weighted by atomic mass is 31.2. The zero-order valence-electron chi connectivity index (χ0n) is 18.9. The van der Waals surface area contributed by atoms with E-state index in [2.05, 4.69) is 14.0 Å². The van der Waals surface area contributed by atoms with Crippen LogP contribution < -0.4 is 0 Å². The predicted molar refractivity (Wildman–Crippen MR) is 118 cm³/mol. The van der Waals surface area contributed by atoms with Crippen LogP contribution in [0, 0.1) is 0 Å². The summed E-state index contributed by atoms with van der Waals surface area (Å²) >= 11 is 0. The van der Waals surface area contributed by atoms with Crippen molar-refractivity contribution in [1.29, 1.82) is 0 Å². The number of carbonyl (C=O) groups is 1. The van der Waals surface area contributed by atoms with Gasteiger partial charge in [0.1, 0.15) is 13.2 Å². The minimum Gasteiger partial charge on any atom is -0.466 e. The lowest BCUT2D eigenvalue weighted by molar-refractivity contribution is -0.897. The molecule has 1 rings (SSSR count). The van der Waals surface area contributed by atoms with Gasteiger partial charge in [0.25, 0.3) is 0 Å². The maximum atomic E-state index is 11.7. The first-order valence-electron chi connectivity index (χ1n) is 11.8. The molecular formula is C22H45NO5P+. The molecule has 0 aliphatic carbocycles. The van der Waals surface area contributed by atoms with E-state index in [1.165, 1.54) is 64.5 Å². The van der Waals surface area contributed by atoms with Gasteiger partial charge in [-0.1, -0.05) is 51.9 Å². The maximum Gasteiger partial charge on any atom is 0.330 e. The topological polar surface area (TPSA) is 65.0 Å². The Morgan fingerprint density at radius 3 is 2.14 bits per heavy atom. The number of carbonyl (C=O) groups excluding carboxylic acids is 1. The molecule has 172 valence electrons. The molecule has 1 aliphatic heterocycles. The summed E-state index contributed by atoms with van der Waals surface area (Å²) in [5, 5.41) is 0. The van der Waals surface area contributed by atoms with Crippen molar-refractivity contribution in [2.75, 3.05) is 46.5 Å².